The van der Waals surface area contributed by atoms with Crippen LogP contribution in [0.25, 0.3) is 11.1 Å². The van der Waals surface area contributed by atoms with Gasteiger partial charge in [0.1, 0.15) is 11.5 Å². The van der Waals surface area contributed by atoms with E-state index in [1.54, 1.807) is 37.3 Å². The van der Waals surface area contributed by atoms with E-state index in [4.69, 9.17) is 9.47 Å². The molecule has 5 heteroatoms. The lowest BCUT2D eigenvalue weighted by Gasteiger charge is -2.11. The molecule has 0 heterocycles. The van der Waals surface area contributed by atoms with Gasteiger partial charge in [0.25, 0.3) is 0 Å². The SMILES string of the molecule is Cc1cc(C(=O)c2ccccc2)ccc1OC(=O)COc1ccc(-c2ccccc2)cc1Br. The number of esters is 1. The van der Waals surface area contributed by atoms with Crippen LogP contribution in [0, 0.1) is 6.92 Å². The minimum atomic E-state index is -0.528. The fourth-order valence-electron chi connectivity index (χ4n) is 3.38. The number of halogens is 1. The molecule has 4 nitrogen and oxygen atoms in total. The molecule has 33 heavy (non-hydrogen) atoms. The lowest BCUT2D eigenvalue weighted by Crippen LogP contribution is -2.18. The van der Waals surface area contributed by atoms with Crippen LogP contribution in [0.15, 0.2) is 102 Å². The molecular formula is C28H21BrO4. The molecule has 0 saturated carbocycles. The van der Waals surface area contributed by atoms with Crippen LogP contribution >= 0.6 is 15.9 Å². The zero-order valence-electron chi connectivity index (χ0n) is 18.0. The number of benzene rings is 4. The molecule has 0 saturated heterocycles. The van der Waals surface area contributed by atoms with Crippen LogP contribution in [-0.4, -0.2) is 18.4 Å². The summed E-state index contributed by atoms with van der Waals surface area (Å²) in [5, 5.41) is 0. The molecular weight excluding hydrogens is 480 g/mol. The molecule has 0 bridgehead atoms. The van der Waals surface area contributed by atoms with Gasteiger partial charge < -0.3 is 9.47 Å². The van der Waals surface area contributed by atoms with Crippen LogP contribution in [0.2, 0.25) is 0 Å². The Morgan fingerprint density at radius 3 is 2.06 bits per heavy atom. The molecule has 0 fully saturated rings. The van der Waals surface area contributed by atoms with E-state index in [-0.39, 0.29) is 12.4 Å². The highest BCUT2D eigenvalue weighted by Gasteiger charge is 2.14. The highest BCUT2D eigenvalue weighted by Crippen LogP contribution is 2.31. The minimum absolute atomic E-state index is 0.0799. The average Bonchev–Trinajstić information content (AvgIpc) is 2.85. The topological polar surface area (TPSA) is 52.6 Å². The van der Waals surface area contributed by atoms with Crippen molar-refractivity contribution in [3.05, 3.63) is 118 Å². The van der Waals surface area contributed by atoms with Crippen molar-refractivity contribution in [2.24, 2.45) is 0 Å². The van der Waals surface area contributed by atoms with Gasteiger partial charge in [-0.1, -0.05) is 66.7 Å². The predicted octanol–water partition coefficient (Wildman–Crippen LogP) is 6.64. The van der Waals surface area contributed by atoms with Gasteiger partial charge in [0, 0.05) is 11.1 Å². The number of carbonyl (C=O) groups excluding carboxylic acids is 2. The molecule has 0 radical (unpaired) electrons. The second-order valence-electron chi connectivity index (χ2n) is 7.45. The summed E-state index contributed by atoms with van der Waals surface area (Å²) in [6, 6.07) is 29.8. The molecule has 4 aromatic rings. The first-order valence-electron chi connectivity index (χ1n) is 10.4. The largest absolute Gasteiger partial charge is 0.481 e. The summed E-state index contributed by atoms with van der Waals surface area (Å²) in [6.07, 6.45) is 0. The summed E-state index contributed by atoms with van der Waals surface area (Å²) >= 11 is 3.50. The number of hydrogen-bond donors (Lipinski definition) is 0. The predicted molar refractivity (Wildman–Crippen MR) is 132 cm³/mol. The first-order valence-corrected chi connectivity index (χ1v) is 11.2. The molecule has 0 unspecified atom stereocenters. The number of carbonyl (C=O) groups is 2. The number of ether oxygens (including phenoxy) is 2. The van der Waals surface area contributed by atoms with E-state index in [1.165, 1.54) is 0 Å². The Labute approximate surface area is 200 Å². The molecule has 0 aliphatic carbocycles. The standard InChI is InChI=1S/C28H21BrO4/c1-19-16-23(28(31)21-10-6-3-7-11-21)13-14-25(19)33-27(30)18-32-26-15-12-22(17-24(26)29)20-8-4-2-5-9-20/h2-17H,18H2,1H3. The van der Waals surface area contributed by atoms with Crippen LogP contribution in [0.4, 0.5) is 0 Å². The van der Waals surface area contributed by atoms with E-state index in [9.17, 15) is 9.59 Å². The van der Waals surface area contributed by atoms with Crippen LogP contribution in [0.5, 0.6) is 11.5 Å². The zero-order chi connectivity index (χ0) is 23.2. The third kappa shape index (κ3) is 5.57. The fraction of sp³-hybridized carbons (Fsp3) is 0.0714. The molecule has 0 atom stereocenters. The van der Waals surface area contributed by atoms with Gasteiger partial charge in [0.2, 0.25) is 0 Å². The second-order valence-corrected chi connectivity index (χ2v) is 8.30. The normalized spacial score (nSPS) is 10.5. The Bertz CT molecular complexity index is 1280. The van der Waals surface area contributed by atoms with E-state index in [1.807, 2.05) is 66.7 Å². The fourth-order valence-corrected chi connectivity index (χ4v) is 3.87. The van der Waals surface area contributed by atoms with Gasteiger partial charge in [-0.15, -0.1) is 0 Å². The average molecular weight is 501 g/mol. The monoisotopic (exact) mass is 500 g/mol. The molecule has 0 amide bonds. The van der Waals surface area contributed by atoms with E-state index in [2.05, 4.69) is 15.9 Å². The first kappa shape index (κ1) is 22.5. The minimum Gasteiger partial charge on any atom is -0.481 e. The van der Waals surface area contributed by atoms with Gasteiger partial charge in [-0.05, 0) is 69.9 Å². The van der Waals surface area contributed by atoms with Crippen molar-refractivity contribution in [2.45, 2.75) is 6.92 Å². The summed E-state index contributed by atoms with van der Waals surface area (Å²) in [7, 11) is 0. The Morgan fingerprint density at radius 1 is 0.727 bits per heavy atom. The van der Waals surface area contributed by atoms with Crippen molar-refractivity contribution in [2.75, 3.05) is 6.61 Å². The summed E-state index contributed by atoms with van der Waals surface area (Å²) in [6.45, 7) is 1.55. The second kappa shape index (κ2) is 10.3. The van der Waals surface area contributed by atoms with Crippen molar-refractivity contribution in [1.82, 2.24) is 0 Å². The van der Waals surface area contributed by atoms with Gasteiger partial charge in [0.15, 0.2) is 12.4 Å². The summed E-state index contributed by atoms with van der Waals surface area (Å²) in [4.78, 5) is 25.0. The summed E-state index contributed by atoms with van der Waals surface area (Å²) in [5.41, 5.74) is 3.97. The zero-order valence-corrected chi connectivity index (χ0v) is 19.5. The van der Waals surface area contributed by atoms with Gasteiger partial charge in [-0.2, -0.15) is 0 Å². The van der Waals surface area contributed by atoms with Gasteiger partial charge in [-0.3, -0.25) is 4.79 Å². The van der Waals surface area contributed by atoms with Gasteiger partial charge >= 0.3 is 5.97 Å². The molecule has 164 valence electrons. The van der Waals surface area contributed by atoms with Crippen molar-refractivity contribution < 1.29 is 19.1 Å². The lowest BCUT2D eigenvalue weighted by atomic mass is 10.0. The number of rotatable bonds is 7. The maximum atomic E-state index is 12.6. The maximum Gasteiger partial charge on any atom is 0.349 e. The van der Waals surface area contributed by atoms with Gasteiger partial charge in [-0.25, -0.2) is 4.79 Å². The summed E-state index contributed by atoms with van der Waals surface area (Å²) < 4.78 is 11.8. The van der Waals surface area contributed by atoms with E-state index in [0.29, 0.717) is 28.2 Å². The lowest BCUT2D eigenvalue weighted by molar-refractivity contribution is -0.136. The van der Waals surface area contributed by atoms with Crippen LogP contribution in [0.3, 0.4) is 0 Å². The Hall–Kier alpha value is -3.70. The van der Waals surface area contributed by atoms with E-state index < -0.39 is 5.97 Å². The first-order chi connectivity index (χ1) is 16.0. The van der Waals surface area contributed by atoms with Crippen molar-refractivity contribution in [1.29, 1.82) is 0 Å². The molecule has 0 aliphatic rings. The number of ketones is 1. The van der Waals surface area contributed by atoms with Crippen molar-refractivity contribution in [3.8, 4) is 22.6 Å². The quantitative estimate of drug-likeness (QED) is 0.162. The number of aryl methyl sites for hydroxylation is 1. The van der Waals surface area contributed by atoms with E-state index in [0.717, 1.165) is 15.6 Å². The highest BCUT2D eigenvalue weighted by molar-refractivity contribution is 9.10. The van der Waals surface area contributed by atoms with Crippen molar-refractivity contribution in [3.63, 3.8) is 0 Å². The third-order valence-electron chi connectivity index (χ3n) is 5.08. The van der Waals surface area contributed by atoms with Crippen LogP contribution < -0.4 is 9.47 Å². The Kier molecular flexibility index (Phi) is 7.01. The smallest absolute Gasteiger partial charge is 0.349 e. The Balaban J connectivity index is 1.38. The third-order valence-corrected chi connectivity index (χ3v) is 5.70. The van der Waals surface area contributed by atoms with Gasteiger partial charge in [0.05, 0.1) is 4.47 Å². The molecule has 0 N–H and O–H groups in total. The number of hydrogen-bond acceptors (Lipinski definition) is 4. The molecule has 4 aromatic carbocycles. The Morgan fingerprint density at radius 2 is 1.39 bits per heavy atom. The molecule has 4 rings (SSSR count). The molecule has 0 aromatic heterocycles. The maximum absolute atomic E-state index is 12.6. The molecule has 0 spiro atoms. The highest BCUT2D eigenvalue weighted by atomic mass is 79.9. The van der Waals surface area contributed by atoms with Crippen LogP contribution in [0.1, 0.15) is 21.5 Å². The van der Waals surface area contributed by atoms with Crippen molar-refractivity contribution >= 4 is 27.7 Å². The van der Waals surface area contributed by atoms with Crippen LogP contribution in [-0.2, 0) is 4.79 Å². The molecule has 0 aliphatic heterocycles. The summed E-state index contributed by atoms with van der Waals surface area (Å²) in [5.74, 6) is 0.335. The van der Waals surface area contributed by atoms with E-state index >= 15 is 0 Å².